The van der Waals surface area contributed by atoms with Crippen molar-refractivity contribution < 1.29 is 36.7 Å². The number of piperidine rings is 1. The van der Waals surface area contributed by atoms with Crippen LogP contribution in [0.15, 0.2) is 41.6 Å². The SMILES string of the molecule is CCOC(=O)C1(C)CCN(C2=NOC3(C2)CN(Cc2cc(OCC)c(-c4ccc(F)cc4)c(C(F)(F)F)c2)C3)CC1. The highest BCUT2D eigenvalue weighted by molar-refractivity contribution is 5.85. The Bertz CT molecular complexity index is 1300. The van der Waals surface area contributed by atoms with Gasteiger partial charge in [0.1, 0.15) is 17.4 Å². The highest BCUT2D eigenvalue weighted by atomic mass is 19.4. The van der Waals surface area contributed by atoms with Gasteiger partial charge in [-0.2, -0.15) is 13.2 Å². The quantitative estimate of drug-likeness (QED) is 0.303. The predicted octanol–water partition coefficient (Wildman–Crippen LogP) is 5.86. The maximum absolute atomic E-state index is 14.2. The smallest absolute Gasteiger partial charge is 0.417 e. The lowest BCUT2D eigenvalue weighted by molar-refractivity contribution is -0.156. The van der Waals surface area contributed by atoms with Crippen LogP contribution in [0.5, 0.6) is 5.75 Å². The van der Waals surface area contributed by atoms with Gasteiger partial charge in [0.2, 0.25) is 0 Å². The molecular formula is C30H35F4N3O4. The molecule has 0 bridgehead atoms. The summed E-state index contributed by atoms with van der Waals surface area (Å²) in [6.07, 6.45) is -2.68. The second-order valence-electron chi connectivity index (χ2n) is 11.3. The minimum atomic E-state index is -4.63. The van der Waals surface area contributed by atoms with Gasteiger partial charge in [-0.05, 0) is 69.0 Å². The zero-order valence-electron chi connectivity index (χ0n) is 23.5. The van der Waals surface area contributed by atoms with Gasteiger partial charge < -0.3 is 19.2 Å². The van der Waals surface area contributed by atoms with Gasteiger partial charge in [-0.1, -0.05) is 17.3 Å². The first-order valence-corrected chi connectivity index (χ1v) is 14.0. The summed E-state index contributed by atoms with van der Waals surface area (Å²) in [5.41, 5.74) is -1.21. The summed E-state index contributed by atoms with van der Waals surface area (Å²) >= 11 is 0. The van der Waals surface area contributed by atoms with Gasteiger partial charge in [0.05, 0.1) is 30.6 Å². The van der Waals surface area contributed by atoms with Crippen molar-refractivity contribution in [3.8, 4) is 16.9 Å². The summed E-state index contributed by atoms with van der Waals surface area (Å²) < 4.78 is 67.1. The van der Waals surface area contributed by atoms with Gasteiger partial charge >= 0.3 is 12.1 Å². The van der Waals surface area contributed by atoms with Crippen LogP contribution < -0.4 is 4.74 Å². The molecule has 2 saturated heterocycles. The van der Waals surface area contributed by atoms with Crippen LogP contribution in [0.1, 0.15) is 51.2 Å². The number of carbonyl (C=O) groups is 1. The number of esters is 1. The highest BCUT2D eigenvalue weighted by Crippen LogP contribution is 2.44. The van der Waals surface area contributed by atoms with E-state index in [0.717, 1.165) is 24.0 Å². The van der Waals surface area contributed by atoms with Gasteiger partial charge in [-0.15, -0.1) is 0 Å². The van der Waals surface area contributed by atoms with Crippen LogP contribution in [0.2, 0.25) is 0 Å². The second-order valence-corrected chi connectivity index (χ2v) is 11.3. The number of amidine groups is 1. The predicted molar refractivity (Wildman–Crippen MR) is 145 cm³/mol. The molecule has 0 aromatic heterocycles. The van der Waals surface area contributed by atoms with E-state index in [2.05, 4.69) is 10.1 Å². The second kappa shape index (κ2) is 11.2. The zero-order chi connectivity index (χ0) is 29.4. The molecule has 0 unspecified atom stereocenters. The Morgan fingerprint density at radius 1 is 1.07 bits per heavy atom. The molecule has 3 aliphatic rings. The summed E-state index contributed by atoms with van der Waals surface area (Å²) in [5, 5.41) is 4.35. The van der Waals surface area contributed by atoms with E-state index < -0.39 is 28.6 Å². The fourth-order valence-electron chi connectivity index (χ4n) is 5.92. The lowest BCUT2D eigenvalue weighted by Gasteiger charge is -2.46. The van der Waals surface area contributed by atoms with E-state index in [9.17, 15) is 22.4 Å². The number of hydrogen-bond acceptors (Lipinski definition) is 7. The Hall–Kier alpha value is -3.34. The molecule has 0 aliphatic carbocycles. The number of ether oxygens (including phenoxy) is 2. The molecule has 0 saturated carbocycles. The number of hydrogen-bond donors (Lipinski definition) is 0. The van der Waals surface area contributed by atoms with Crippen LogP contribution in [-0.4, -0.2) is 66.6 Å². The van der Waals surface area contributed by atoms with E-state index >= 15 is 0 Å². The van der Waals surface area contributed by atoms with Crippen LogP contribution in [0.25, 0.3) is 11.1 Å². The number of rotatable bonds is 7. The van der Waals surface area contributed by atoms with Gasteiger partial charge in [0, 0.05) is 38.3 Å². The number of likely N-dealkylation sites (tertiary alicyclic amines) is 2. The van der Waals surface area contributed by atoms with E-state index in [1.807, 2.05) is 11.8 Å². The number of carbonyl (C=O) groups excluding carboxylic acids is 1. The van der Waals surface area contributed by atoms with Crippen LogP contribution in [0.3, 0.4) is 0 Å². The number of benzene rings is 2. The van der Waals surface area contributed by atoms with Gasteiger partial charge in [0.25, 0.3) is 0 Å². The summed E-state index contributed by atoms with van der Waals surface area (Å²) in [6, 6.07) is 7.72. The van der Waals surface area contributed by atoms with E-state index in [1.54, 1.807) is 19.9 Å². The summed E-state index contributed by atoms with van der Waals surface area (Å²) in [5.74, 6) is 0.265. The molecule has 2 aromatic carbocycles. The molecule has 1 spiro atoms. The van der Waals surface area contributed by atoms with Crippen molar-refractivity contribution in [2.75, 3.05) is 39.4 Å². The summed E-state index contributed by atoms with van der Waals surface area (Å²) in [6.45, 7) is 8.70. The first kappa shape index (κ1) is 29.2. The molecule has 0 amide bonds. The molecule has 2 aromatic rings. The Balaban J connectivity index is 1.24. The number of alkyl halides is 3. The largest absolute Gasteiger partial charge is 0.493 e. The molecule has 0 N–H and O–H groups in total. The molecule has 2 fully saturated rings. The van der Waals surface area contributed by atoms with E-state index in [4.69, 9.17) is 14.3 Å². The zero-order valence-corrected chi connectivity index (χ0v) is 23.5. The van der Waals surface area contributed by atoms with Crippen molar-refractivity contribution >= 4 is 11.8 Å². The van der Waals surface area contributed by atoms with E-state index in [-0.39, 0.29) is 36.0 Å². The minimum Gasteiger partial charge on any atom is -0.493 e. The molecule has 7 nitrogen and oxygen atoms in total. The Morgan fingerprint density at radius 3 is 2.37 bits per heavy atom. The standard InChI is InChI=1S/C30H35F4N3O4/c1-4-39-24-15-20(14-23(30(32,33)34)26(24)21-6-8-22(31)9-7-21)17-36-18-29(19-36)16-25(35-41-29)37-12-10-28(3,11-13-37)27(38)40-5-2/h6-9,14-15H,4-5,10-13,16-19H2,1-3H3. The third kappa shape index (κ3) is 6.00. The number of nitrogens with zero attached hydrogens (tertiary/aromatic N) is 3. The maximum atomic E-state index is 14.2. The molecule has 5 rings (SSSR count). The molecule has 3 heterocycles. The van der Waals surface area contributed by atoms with Crippen LogP contribution >= 0.6 is 0 Å². The Labute approximate surface area is 237 Å². The summed E-state index contributed by atoms with van der Waals surface area (Å²) in [7, 11) is 0. The fraction of sp³-hybridized carbons (Fsp3) is 0.533. The van der Waals surface area contributed by atoms with Crippen molar-refractivity contribution in [1.29, 1.82) is 0 Å². The third-order valence-electron chi connectivity index (χ3n) is 8.16. The minimum absolute atomic E-state index is 0.0964. The van der Waals surface area contributed by atoms with Crippen molar-refractivity contribution in [3.63, 3.8) is 0 Å². The number of halogens is 4. The monoisotopic (exact) mass is 577 g/mol. The van der Waals surface area contributed by atoms with Crippen LogP contribution in [-0.2, 0) is 27.1 Å². The maximum Gasteiger partial charge on any atom is 0.417 e. The molecular weight excluding hydrogens is 542 g/mol. The molecule has 41 heavy (non-hydrogen) atoms. The van der Waals surface area contributed by atoms with Crippen molar-refractivity contribution in [2.24, 2.45) is 10.6 Å². The average molecular weight is 578 g/mol. The first-order chi connectivity index (χ1) is 19.4. The van der Waals surface area contributed by atoms with E-state index in [1.165, 1.54) is 12.1 Å². The molecule has 3 aliphatic heterocycles. The molecule has 11 heteroatoms. The van der Waals surface area contributed by atoms with Crippen molar-refractivity contribution in [2.45, 2.75) is 58.4 Å². The van der Waals surface area contributed by atoms with Gasteiger partial charge in [-0.3, -0.25) is 9.69 Å². The van der Waals surface area contributed by atoms with Crippen LogP contribution in [0, 0.1) is 11.2 Å². The van der Waals surface area contributed by atoms with Gasteiger partial charge in [-0.25, -0.2) is 4.39 Å². The molecule has 222 valence electrons. The summed E-state index contributed by atoms with van der Waals surface area (Å²) in [4.78, 5) is 22.4. The normalized spacial score (nSPS) is 19.9. The lowest BCUT2D eigenvalue weighted by atomic mass is 9.80. The van der Waals surface area contributed by atoms with Gasteiger partial charge in [0.15, 0.2) is 5.60 Å². The van der Waals surface area contributed by atoms with Crippen LogP contribution in [0.4, 0.5) is 17.6 Å². The topological polar surface area (TPSA) is 63.6 Å². The first-order valence-electron chi connectivity index (χ1n) is 14.0. The highest BCUT2D eigenvalue weighted by Gasteiger charge is 2.51. The van der Waals surface area contributed by atoms with Crippen molar-refractivity contribution in [3.05, 3.63) is 53.3 Å². The Kier molecular flexibility index (Phi) is 7.93. The molecule has 0 atom stereocenters. The molecule has 0 radical (unpaired) electrons. The fourth-order valence-corrected chi connectivity index (χ4v) is 5.92. The number of oxime groups is 1. The van der Waals surface area contributed by atoms with Crippen molar-refractivity contribution in [1.82, 2.24) is 9.80 Å². The van der Waals surface area contributed by atoms with E-state index in [0.29, 0.717) is 57.6 Å². The Morgan fingerprint density at radius 2 is 1.76 bits per heavy atom. The third-order valence-corrected chi connectivity index (χ3v) is 8.16. The lowest BCUT2D eigenvalue weighted by Crippen LogP contribution is -2.61. The average Bonchev–Trinajstić information content (AvgIpc) is 3.35.